The van der Waals surface area contributed by atoms with E-state index in [1.807, 2.05) is 6.07 Å². The lowest BCUT2D eigenvalue weighted by atomic mass is 9.70. The molecule has 1 aromatic heterocycles. The van der Waals surface area contributed by atoms with E-state index in [4.69, 9.17) is 10.7 Å². The number of likely N-dealkylation sites (tertiary alicyclic amines) is 1. The Bertz CT molecular complexity index is 1440. The zero-order valence-electron chi connectivity index (χ0n) is 24.5. The minimum absolute atomic E-state index is 0.219. The average Bonchev–Trinajstić information content (AvgIpc) is 3.42. The third-order valence-corrected chi connectivity index (χ3v) is 10.4. The quantitative estimate of drug-likeness (QED) is 0.408. The molecule has 3 atom stereocenters. The van der Waals surface area contributed by atoms with Gasteiger partial charge in [-0.1, -0.05) is 24.3 Å². The predicted octanol–water partition coefficient (Wildman–Crippen LogP) is 5.11. The van der Waals surface area contributed by atoms with Crippen LogP contribution in [0.4, 0.5) is 4.39 Å². The number of nitrogens with zero attached hydrogens (tertiary/aromatic N) is 4. The average molecular weight is 560 g/mol. The number of halogens is 1. The molecule has 0 radical (unpaired) electrons. The van der Waals surface area contributed by atoms with E-state index in [1.54, 1.807) is 30.9 Å². The number of imidazole rings is 1. The molecule has 41 heavy (non-hydrogen) atoms. The number of carbonyl (C=O) groups is 2. The molecule has 7 nitrogen and oxygen atoms in total. The van der Waals surface area contributed by atoms with Gasteiger partial charge in [0.05, 0.1) is 11.0 Å². The topological polar surface area (TPSA) is 84.5 Å². The highest BCUT2D eigenvalue weighted by Gasteiger charge is 2.45. The molecule has 3 saturated heterocycles. The van der Waals surface area contributed by atoms with Gasteiger partial charge in [0.1, 0.15) is 17.1 Å². The number of benzene rings is 2. The van der Waals surface area contributed by atoms with Gasteiger partial charge in [0.2, 0.25) is 11.8 Å². The van der Waals surface area contributed by atoms with Crippen LogP contribution in [-0.2, 0) is 15.0 Å². The van der Waals surface area contributed by atoms with Gasteiger partial charge < -0.3 is 15.2 Å². The number of nitrogens with two attached hydrogens (primary N) is 1. The Morgan fingerprint density at radius 1 is 1.02 bits per heavy atom. The first-order valence-electron chi connectivity index (χ1n) is 15.1. The Morgan fingerprint density at radius 3 is 2.37 bits per heavy atom. The maximum absolute atomic E-state index is 14.5. The number of carbonyl (C=O) groups excluding carboxylic acids is 2. The van der Waals surface area contributed by atoms with Gasteiger partial charge in [-0.3, -0.25) is 14.5 Å². The first-order valence-corrected chi connectivity index (χ1v) is 15.1. The van der Waals surface area contributed by atoms with E-state index in [0.29, 0.717) is 31.2 Å². The summed E-state index contributed by atoms with van der Waals surface area (Å²) in [5.41, 5.74) is 7.40. The van der Waals surface area contributed by atoms with Crippen molar-refractivity contribution in [3.8, 4) is 0 Å². The number of rotatable bonds is 7. The van der Waals surface area contributed by atoms with E-state index in [2.05, 4.69) is 40.7 Å². The summed E-state index contributed by atoms with van der Waals surface area (Å²) in [5.74, 6) is 0.0384. The molecule has 1 unspecified atom stereocenters. The standard InChI is InChI=1S/C33H42FN5O2/c1-22-36-28-9-4-5-10-29(28)39(22)27-20-25-11-12-26(21-27)38(25)18-15-33(23-7-6-8-24(34)19-23)13-16-37(17-14-33)31(41)32(2,3)30(35)40/h4-10,19,25-27H,11-18,20-21H2,1-3H3,(H2,35,40)/t25-,26+,27?. The summed E-state index contributed by atoms with van der Waals surface area (Å²) in [7, 11) is 0. The Kier molecular flexibility index (Phi) is 7.17. The van der Waals surface area contributed by atoms with Crippen LogP contribution in [0.25, 0.3) is 11.0 Å². The lowest BCUT2D eigenvalue weighted by Crippen LogP contribution is -2.53. The molecule has 2 aromatic carbocycles. The Labute approximate surface area is 241 Å². The minimum atomic E-state index is -1.23. The lowest BCUT2D eigenvalue weighted by molar-refractivity contribution is -0.148. The van der Waals surface area contributed by atoms with Crippen LogP contribution in [0.3, 0.4) is 0 Å². The molecule has 4 heterocycles. The number of fused-ring (bicyclic) bond motifs is 3. The molecule has 2 amide bonds. The number of para-hydroxylation sites is 2. The van der Waals surface area contributed by atoms with Crippen LogP contribution >= 0.6 is 0 Å². The lowest BCUT2D eigenvalue weighted by Gasteiger charge is -2.46. The molecule has 218 valence electrons. The number of primary amides is 1. The fraction of sp³-hybridized carbons (Fsp3) is 0.545. The van der Waals surface area contributed by atoms with Crippen molar-refractivity contribution < 1.29 is 14.0 Å². The van der Waals surface area contributed by atoms with Crippen LogP contribution in [0.5, 0.6) is 0 Å². The maximum atomic E-state index is 14.5. The third-order valence-electron chi connectivity index (χ3n) is 10.4. The largest absolute Gasteiger partial charge is 0.369 e. The fourth-order valence-electron chi connectivity index (χ4n) is 7.93. The molecule has 0 spiro atoms. The molecule has 2 N–H and O–H groups in total. The zero-order valence-corrected chi connectivity index (χ0v) is 24.5. The van der Waals surface area contributed by atoms with Gasteiger partial charge in [0.25, 0.3) is 0 Å². The summed E-state index contributed by atoms with van der Waals surface area (Å²) >= 11 is 0. The van der Waals surface area contributed by atoms with Crippen molar-refractivity contribution in [1.29, 1.82) is 0 Å². The highest BCUT2D eigenvalue weighted by molar-refractivity contribution is 6.03. The molecule has 3 aliphatic heterocycles. The van der Waals surface area contributed by atoms with Crippen LogP contribution in [0.2, 0.25) is 0 Å². The second kappa shape index (κ2) is 10.5. The van der Waals surface area contributed by atoms with Gasteiger partial charge in [-0.05, 0) is 108 Å². The van der Waals surface area contributed by atoms with Gasteiger partial charge in [-0.15, -0.1) is 0 Å². The highest BCUT2D eigenvalue weighted by atomic mass is 19.1. The van der Waals surface area contributed by atoms with E-state index >= 15 is 0 Å². The molecular formula is C33H42FN5O2. The van der Waals surface area contributed by atoms with Crippen LogP contribution in [0.15, 0.2) is 48.5 Å². The Morgan fingerprint density at radius 2 is 1.71 bits per heavy atom. The Balaban J connectivity index is 1.19. The van der Waals surface area contributed by atoms with Gasteiger partial charge >= 0.3 is 0 Å². The predicted molar refractivity (Wildman–Crippen MR) is 158 cm³/mol. The molecule has 0 aliphatic carbocycles. The van der Waals surface area contributed by atoms with E-state index in [0.717, 1.165) is 55.6 Å². The number of hydrogen-bond acceptors (Lipinski definition) is 4. The number of aryl methyl sites for hydroxylation is 1. The summed E-state index contributed by atoms with van der Waals surface area (Å²) in [5, 5.41) is 0. The maximum Gasteiger partial charge on any atom is 0.237 e. The van der Waals surface area contributed by atoms with E-state index in [1.165, 1.54) is 24.4 Å². The molecule has 3 fully saturated rings. The van der Waals surface area contributed by atoms with Gasteiger partial charge in [-0.2, -0.15) is 0 Å². The van der Waals surface area contributed by atoms with Crippen LogP contribution in [0, 0.1) is 18.2 Å². The van der Waals surface area contributed by atoms with E-state index < -0.39 is 11.3 Å². The molecular weight excluding hydrogens is 517 g/mol. The van der Waals surface area contributed by atoms with Crippen molar-refractivity contribution in [2.24, 2.45) is 11.1 Å². The summed E-state index contributed by atoms with van der Waals surface area (Å²) in [6.45, 7) is 7.35. The van der Waals surface area contributed by atoms with Crippen molar-refractivity contribution in [1.82, 2.24) is 19.4 Å². The van der Waals surface area contributed by atoms with Gasteiger partial charge in [0, 0.05) is 31.2 Å². The first kappa shape index (κ1) is 27.9. The normalized spacial score (nSPS) is 24.6. The Hall–Kier alpha value is -3.26. The molecule has 3 aromatic rings. The second-order valence-electron chi connectivity index (χ2n) is 13.1. The number of hydrogen-bond donors (Lipinski definition) is 1. The van der Waals surface area contributed by atoms with Gasteiger partial charge in [0.15, 0.2) is 0 Å². The molecule has 6 rings (SSSR count). The monoisotopic (exact) mass is 559 g/mol. The van der Waals surface area contributed by atoms with E-state index in [-0.39, 0.29) is 17.1 Å². The molecule has 8 heteroatoms. The SMILES string of the molecule is Cc1nc2ccccc2n1C1C[C@H]2CC[C@@H](C1)N2CCC1(c2cccc(F)c2)CCN(C(=O)C(C)(C)C(N)=O)CC1. The fourth-order valence-corrected chi connectivity index (χ4v) is 7.93. The first-order chi connectivity index (χ1) is 19.6. The van der Waals surface area contributed by atoms with Crippen LogP contribution in [0.1, 0.15) is 76.2 Å². The second-order valence-corrected chi connectivity index (χ2v) is 13.1. The third kappa shape index (κ3) is 4.94. The number of aromatic nitrogens is 2. The number of piperidine rings is 2. The summed E-state index contributed by atoms with van der Waals surface area (Å²) in [6.07, 6.45) is 7.06. The van der Waals surface area contributed by atoms with Crippen molar-refractivity contribution in [3.05, 3.63) is 65.7 Å². The van der Waals surface area contributed by atoms with Crippen LogP contribution in [-0.4, -0.2) is 62.9 Å². The van der Waals surface area contributed by atoms with Crippen molar-refractivity contribution >= 4 is 22.8 Å². The van der Waals surface area contributed by atoms with Crippen molar-refractivity contribution in [3.63, 3.8) is 0 Å². The summed E-state index contributed by atoms with van der Waals surface area (Å²) < 4.78 is 16.9. The van der Waals surface area contributed by atoms with Crippen molar-refractivity contribution in [2.45, 2.75) is 89.3 Å². The summed E-state index contributed by atoms with van der Waals surface area (Å²) in [4.78, 5) is 34.4. The zero-order chi connectivity index (χ0) is 28.9. The number of amides is 2. The van der Waals surface area contributed by atoms with Crippen molar-refractivity contribution in [2.75, 3.05) is 19.6 Å². The summed E-state index contributed by atoms with van der Waals surface area (Å²) in [6, 6.07) is 17.0. The van der Waals surface area contributed by atoms with Gasteiger partial charge in [-0.25, -0.2) is 9.37 Å². The molecule has 0 saturated carbocycles. The minimum Gasteiger partial charge on any atom is -0.369 e. The smallest absolute Gasteiger partial charge is 0.237 e. The van der Waals surface area contributed by atoms with E-state index in [9.17, 15) is 14.0 Å². The molecule has 2 bridgehead atoms. The molecule has 3 aliphatic rings. The van der Waals surface area contributed by atoms with Crippen LogP contribution < -0.4 is 5.73 Å². The highest BCUT2D eigenvalue weighted by Crippen LogP contribution is 2.45.